The van der Waals surface area contributed by atoms with Crippen LogP contribution in [0.3, 0.4) is 0 Å². The van der Waals surface area contributed by atoms with Crippen molar-refractivity contribution in [3.8, 4) is 5.75 Å². The first-order valence-electron chi connectivity index (χ1n) is 8.49. The predicted octanol–water partition coefficient (Wildman–Crippen LogP) is 1.49. The molecule has 9 heteroatoms. The molecule has 0 bridgehead atoms. The molecule has 4 atom stereocenters. The third kappa shape index (κ3) is 2.77. The van der Waals surface area contributed by atoms with Crippen LogP contribution in [0.1, 0.15) is 24.9 Å². The van der Waals surface area contributed by atoms with Crippen LogP contribution in [-0.2, 0) is 19.1 Å². The SMILES string of the molecule is CC[C@]1(C(=O)OC)N[C@@H](c2ccccc2OC(F)F)[C@H]2C(=O)N(C)C(=O)[C@H]21. The van der Waals surface area contributed by atoms with Gasteiger partial charge in [-0.3, -0.25) is 24.6 Å². The van der Waals surface area contributed by atoms with Gasteiger partial charge in [0.05, 0.1) is 18.9 Å². The number of hydrogen-bond acceptors (Lipinski definition) is 6. The molecule has 2 fully saturated rings. The highest BCUT2D eigenvalue weighted by Crippen LogP contribution is 2.51. The zero-order valence-electron chi connectivity index (χ0n) is 15.1. The number of amides is 2. The van der Waals surface area contributed by atoms with E-state index in [2.05, 4.69) is 10.1 Å². The van der Waals surface area contributed by atoms with Crippen LogP contribution in [0.15, 0.2) is 24.3 Å². The fourth-order valence-corrected chi connectivity index (χ4v) is 4.19. The number of halogens is 2. The Labute approximate surface area is 154 Å². The minimum atomic E-state index is -3.05. The first-order chi connectivity index (χ1) is 12.8. The highest BCUT2D eigenvalue weighted by atomic mass is 19.3. The van der Waals surface area contributed by atoms with Crippen molar-refractivity contribution in [3.05, 3.63) is 29.8 Å². The maximum absolute atomic E-state index is 12.8. The topological polar surface area (TPSA) is 84.9 Å². The molecule has 146 valence electrons. The molecule has 0 saturated carbocycles. The molecule has 2 saturated heterocycles. The molecule has 0 radical (unpaired) electrons. The van der Waals surface area contributed by atoms with Crippen LogP contribution in [0.25, 0.3) is 0 Å². The number of methoxy groups -OCH3 is 1. The summed E-state index contributed by atoms with van der Waals surface area (Å²) in [4.78, 5) is 39.1. The fourth-order valence-electron chi connectivity index (χ4n) is 4.19. The van der Waals surface area contributed by atoms with E-state index in [4.69, 9.17) is 4.74 Å². The van der Waals surface area contributed by atoms with Gasteiger partial charge in [-0.15, -0.1) is 0 Å². The van der Waals surface area contributed by atoms with Gasteiger partial charge in [0.25, 0.3) is 0 Å². The van der Waals surface area contributed by atoms with Crippen molar-refractivity contribution in [2.75, 3.05) is 14.2 Å². The van der Waals surface area contributed by atoms with Crippen molar-refractivity contribution in [2.45, 2.75) is 31.5 Å². The Balaban J connectivity index is 2.14. The number of para-hydroxylation sites is 1. The van der Waals surface area contributed by atoms with Crippen LogP contribution in [0.5, 0.6) is 5.75 Å². The molecule has 2 aliphatic heterocycles. The summed E-state index contributed by atoms with van der Waals surface area (Å²) >= 11 is 0. The van der Waals surface area contributed by atoms with Gasteiger partial charge in [-0.25, -0.2) is 0 Å². The molecule has 2 aliphatic rings. The second-order valence-corrected chi connectivity index (χ2v) is 6.59. The molecule has 27 heavy (non-hydrogen) atoms. The van der Waals surface area contributed by atoms with Gasteiger partial charge in [0, 0.05) is 18.7 Å². The lowest BCUT2D eigenvalue weighted by molar-refractivity contribution is -0.154. The zero-order valence-corrected chi connectivity index (χ0v) is 15.1. The lowest BCUT2D eigenvalue weighted by Gasteiger charge is -2.31. The second-order valence-electron chi connectivity index (χ2n) is 6.59. The predicted molar refractivity (Wildman–Crippen MR) is 88.7 cm³/mol. The maximum atomic E-state index is 12.8. The van der Waals surface area contributed by atoms with E-state index < -0.39 is 47.8 Å². The van der Waals surface area contributed by atoms with Crippen molar-refractivity contribution in [3.63, 3.8) is 0 Å². The van der Waals surface area contributed by atoms with E-state index in [0.29, 0.717) is 0 Å². The summed E-state index contributed by atoms with van der Waals surface area (Å²) in [5, 5.41) is 3.05. The van der Waals surface area contributed by atoms with Crippen LogP contribution in [0.2, 0.25) is 0 Å². The van der Waals surface area contributed by atoms with Crippen LogP contribution in [0.4, 0.5) is 8.78 Å². The number of carbonyl (C=O) groups excluding carboxylic acids is 3. The molecule has 7 nitrogen and oxygen atoms in total. The Bertz CT molecular complexity index is 787. The molecule has 1 N–H and O–H groups in total. The number of carbonyl (C=O) groups is 3. The number of benzene rings is 1. The molecular weight excluding hydrogens is 362 g/mol. The van der Waals surface area contributed by atoms with Crippen LogP contribution < -0.4 is 10.1 Å². The Hall–Kier alpha value is -2.55. The lowest BCUT2D eigenvalue weighted by Crippen LogP contribution is -2.55. The van der Waals surface area contributed by atoms with Crippen molar-refractivity contribution in [1.29, 1.82) is 0 Å². The van der Waals surface area contributed by atoms with E-state index in [1.165, 1.54) is 32.4 Å². The van der Waals surface area contributed by atoms with Gasteiger partial charge in [-0.2, -0.15) is 8.78 Å². The molecule has 3 rings (SSSR count). The number of nitrogens with one attached hydrogen (secondary N) is 1. The Morgan fingerprint density at radius 3 is 2.56 bits per heavy atom. The minimum absolute atomic E-state index is 0.115. The van der Waals surface area contributed by atoms with Gasteiger partial charge >= 0.3 is 12.6 Å². The molecule has 1 aromatic rings. The van der Waals surface area contributed by atoms with E-state index in [1.54, 1.807) is 13.0 Å². The summed E-state index contributed by atoms with van der Waals surface area (Å²) in [6, 6.07) is 5.16. The number of ether oxygens (including phenoxy) is 2. The quantitative estimate of drug-likeness (QED) is 0.614. The first kappa shape index (κ1) is 19.2. The Kier molecular flexibility index (Phi) is 4.90. The molecule has 0 aromatic heterocycles. The van der Waals surface area contributed by atoms with E-state index in [1.807, 2.05) is 0 Å². The molecular formula is C18H20F2N2O5. The van der Waals surface area contributed by atoms with E-state index in [0.717, 1.165) is 4.90 Å². The average molecular weight is 382 g/mol. The monoisotopic (exact) mass is 382 g/mol. The Morgan fingerprint density at radius 2 is 1.96 bits per heavy atom. The van der Waals surface area contributed by atoms with E-state index in [-0.39, 0.29) is 17.7 Å². The standard InChI is InChI=1S/C18H20F2N2O5/c1-4-18(16(25)26-3)12-11(14(23)22(2)15(12)24)13(21-18)9-7-5-6-8-10(9)27-17(19)20/h5-8,11-13,17,21H,4H2,1-3H3/t11-,12-,13-,18-/m0/s1. The number of alkyl halides is 2. The molecule has 0 unspecified atom stereocenters. The summed E-state index contributed by atoms with van der Waals surface area (Å²) in [5.41, 5.74) is -1.15. The van der Waals surface area contributed by atoms with Gasteiger partial charge in [0.15, 0.2) is 0 Å². The second kappa shape index (κ2) is 6.88. The summed E-state index contributed by atoms with van der Waals surface area (Å²) in [6.45, 7) is -1.36. The molecule has 0 aliphatic carbocycles. The highest BCUT2D eigenvalue weighted by Gasteiger charge is 2.67. The van der Waals surface area contributed by atoms with Crippen LogP contribution >= 0.6 is 0 Å². The number of rotatable bonds is 5. The Morgan fingerprint density at radius 1 is 1.30 bits per heavy atom. The first-order valence-corrected chi connectivity index (χ1v) is 8.49. The number of fused-ring (bicyclic) bond motifs is 1. The van der Waals surface area contributed by atoms with Crippen LogP contribution in [0, 0.1) is 11.8 Å². The number of nitrogens with zero attached hydrogens (tertiary/aromatic N) is 1. The van der Waals surface area contributed by atoms with Crippen molar-refractivity contribution < 1.29 is 32.6 Å². The molecule has 0 spiro atoms. The maximum Gasteiger partial charge on any atom is 0.387 e. The van der Waals surface area contributed by atoms with Crippen molar-refractivity contribution in [1.82, 2.24) is 10.2 Å². The fraction of sp³-hybridized carbons (Fsp3) is 0.500. The van der Waals surface area contributed by atoms with E-state index >= 15 is 0 Å². The largest absolute Gasteiger partial charge is 0.468 e. The number of esters is 1. The third-order valence-corrected chi connectivity index (χ3v) is 5.45. The molecule has 2 amide bonds. The molecule has 2 heterocycles. The van der Waals surface area contributed by atoms with Gasteiger partial charge in [-0.1, -0.05) is 25.1 Å². The molecule has 1 aromatic carbocycles. The minimum Gasteiger partial charge on any atom is -0.468 e. The number of imide groups is 1. The van der Waals surface area contributed by atoms with Gasteiger partial charge < -0.3 is 9.47 Å². The number of hydrogen-bond donors (Lipinski definition) is 1. The van der Waals surface area contributed by atoms with Crippen molar-refractivity contribution in [2.24, 2.45) is 11.8 Å². The van der Waals surface area contributed by atoms with Gasteiger partial charge in [-0.05, 0) is 12.5 Å². The summed E-state index contributed by atoms with van der Waals surface area (Å²) in [7, 11) is 2.54. The highest BCUT2D eigenvalue weighted by molar-refractivity contribution is 6.09. The number of likely N-dealkylation sites (tertiary alicyclic amines) is 1. The summed E-state index contributed by atoms with van der Waals surface area (Å²) in [6.07, 6.45) is 0.183. The normalized spacial score (nSPS) is 30.0. The zero-order chi connectivity index (χ0) is 19.9. The average Bonchev–Trinajstić information content (AvgIpc) is 3.11. The lowest BCUT2D eigenvalue weighted by atomic mass is 9.78. The summed E-state index contributed by atoms with van der Waals surface area (Å²) in [5.74, 6) is -3.68. The summed E-state index contributed by atoms with van der Waals surface area (Å²) < 4.78 is 35.1. The van der Waals surface area contributed by atoms with Crippen LogP contribution in [-0.4, -0.2) is 49.0 Å². The third-order valence-electron chi connectivity index (χ3n) is 5.45. The van der Waals surface area contributed by atoms with E-state index in [9.17, 15) is 23.2 Å². The van der Waals surface area contributed by atoms with Gasteiger partial charge in [0.2, 0.25) is 11.8 Å². The van der Waals surface area contributed by atoms with Gasteiger partial charge in [0.1, 0.15) is 11.3 Å². The van der Waals surface area contributed by atoms with Crippen molar-refractivity contribution >= 4 is 17.8 Å². The smallest absolute Gasteiger partial charge is 0.387 e.